The molecule has 0 aliphatic rings. The number of esters is 1. The third-order valence-corrected chi connectivity index (χ3v) is 3.50. The molecule has 4 N–H and O–H groups in total. The van der Waals surface area contributed by atoms with Crippen LogP contribution in [0.1, 0.15) is 22.3 Å². The Morgan fingerprint density at radius 3 is 2.54 bits per heavy atom. The van der Waals surface area contributed by atoms with Crippen LogP contribution in [0.4, 0.5) is 11.4 Å². The van der Waals surface area contributed by atoms with Gasteiger partial charge in [-0.1, -0.05) is 36.4 Å². The van der Waals surface area contributed by atoms with Crippen LogP contribution in [0.25, 0.3) is 0 Å². The Hall–Kier alpha value is -3.02. The van der Waals surface area contributed by atoms with E-state index in [-0.39, 0.29) is 24.8 Å². The average molecular weight is 327 g/mol. The largest absolute Gasteiger partial charge is 0.469 e. The predicted octanol–water partition coefficient (Wildman–Crippen LogP) is 2.17. The van der Waals surface area contributed by atoms with Gasteiger partial charge in [-0.25, -0.2) is 0 Å². The molecule has 0 unspecified atom stereocenters. The van der Waals surface area contributed by atoms with Crippen LogP contribution < -0.4 is 16.4 Å². The summed E-state index contributed by atoms with van der Waals surface area (Å²) in [6, 6.07) is 15.0. The van der Waals surface area contributed by atoms with Gasteiger partial charge in [0.15, 0.2) is 0 Å². The number of ether oxygens (including phenoxy) is 1. The van der Waals surface area contributed by atoms with E-state index in [9.17, 15) is 9.59 Å². The van der Waals surface area contributed by atoms with Gasteiger partial charge in [-0.15, -0.1) is 0 Å². The SMILES string of the molecule is COC(=O)CCNC(=O)c1cccc(N)c1NCc1ccccc1. The number of rotatable bonds is 7. The van der Waals surface area contributed by atoms with Gasteiger partial charge < -0.3 is 21.1 Å². The molecule has 2 aromatic carbocycles. The van der Waals surface area contributed by atoms with E-state index < -0.39 is 0 Å². The lowest BCUT2D eigenvalue weighted by Crippen LogP contribution is -2.27. The zero-order valence-electron chi connectivity index (χ0n) is 13.5. The van der Waals surface area contributed by atoms with Gasteiger partial charge in [-0.05, 0) is 17.7 Å². The van der Waals surface area contributed by atoms with Crippen molar-refractivity contribution in [3.8, 4) is 0 Å². The van der Waals surface area contributed by atoms with Gasteiger partial charge in [0.2, 0.25) is 0 Å². The van der Waals surface area contributed by atoms with Gasteiger partial charge in [-0.2, -0.15) is 0 Å². The van der Waals surface area contributed by atoms with Crippen LogP contribution in [0.5, 0.6) is 0 Å². The Kier molecular flexibility index (Phi) is 6.19. The fraction of sp³-hybridized carbons (Fsp3) is 0.222. The molecule has 0 aliphatic heterocycles. The second-order valence-corrected chi connectivity index (χ2v) is 5.19. The second-order valence-electron chi connectivity index (χ2n) is 5.19. The summed E-state index contributed by atoms with van der Waals surface area (Å²) >= 11 is 0. The van der Waals surface area contributed by atoms with Crippen molar-refractivity contribution in [3.63, 3.8) is 0 Å². The van der Waals surface area contributed by atoms with Crippen LogP contribution in [0, 0.1) is 0 Å². The van der Waals surface area contributed by atoms with Crippen molar-refractivity contribution < 1.29 is 14.3 Å². The Morgan fingerprint density at radius 2 is 1.83 bits per heavy atom. The van der Waals surface area contributed by atoms with Crippen LogP contribution in [0.3, 0.4) is 0 Å². The van der Waals surface area contributed by atoms with E-state index >= 15 is 0 Å². The first-order valence-corrected chi connectivity index (χ1v) is 7.63. The minimum absolute atomic E-state index is 0.122. The van der Waals surface area contributed by atoms with Crippen LogP contribution in [0.15, 0.2) is 48.5 Å². The van der Waals surface area contributed by atoms with Gasteiger partial charge in [0, 0.05) is 13.1 Å². The Labute approximate surface area is 141 Å². The van der Waals surface area contributed by atoms with E-state index in [0.717, 1.165) is 5.56 Å². The number of anilines is 2. The lowest BCUT2D eigenvalue weighted by molar-refractivity contribution is -0.140. The third kappa shape index (κ3) is 4.74. The first-order valence-electron chi connectivity index (χ1n) is 7.63. The molecule has 0 aliphatic carbocycles. The van der Waals surface area contributed by atoms with Crippen molar-refractivity contribution >= 4 is 23.3 Å². The quantitative estimate of drug-likeness (QED) is 0.535. The van der Waals surface area contributed by atoms with Crippen molar-refractivity contribution in [2.75, 3.05) is 24.7 Å². The molecule has 0 fully saturated rings. The lowest BCUT2D eigenvalue weighted by Gasteiger charge is -2.14. The number of hydrogen-bond acceptors (Lipinski definition) is 5. The summed E-state index contributed by atoms with van der Waals surface area (Å²) in [5.41, 5.74) is 8.60. The minimum Gasteiger partial charge on any atom is -0.469 e. The maximum atomic E-state index is 12.3. The highest BCUT2D eigenvalue weighted by Gasteiger charge is 2.14. The molecule has 126 valence electrons. The van der Waals surface area contributed by atoms with Crippen molar-refractivity contribution in [3.05, 3.63) is 59.7 Å². The second kappa shape index (κ2) is 8.57. The summed E-state index contributed by atoms with van der Waals surface area (Å²) in [6.45, 7) is 0.760. The number of carbonyl (C=O) groups excluding carboxylic acids is 2. The van der Waals surface area contributed by atoms with Crippen LogP contribution in [0.2, 0.25) is 0 Å². The van der Waals surface area contributed by atoms with Crippen molar-refractivity contribution in [2.24, 2.45) is 0 Å². The summed E-state index contributed by atoms with van der Waals surface area (Å²) in [6.07, 6.45) is 0.122. The number of nitrogens with one attached hydrogen (secondary N) is 2. The van der Waals surface area contributed by atoms with Crippen LogP contribution in [-0.4, -0.2) is 25.5 Å². The number of hydrogen-bond donors (Lipinski definition) is 3. The number of carbonyl (C=O) groups is 2. The van der Waals surface area contributed by atoms with Gasteiger partial charge >= 0.3 is 5.97 Å². The van der Waals surface area contributed by atoms with E-state index in [1.165, 1.54) is 7.11 Å². The van der Waals surface area contributed by atoms with Crippen LogP contribution >= 0.6 is 0 Å². The van der Waals surface area contributed by atoms with Gasteiger partial charge in [0.05, 0.1) is 30.5 Å². The number of nitrogen functional groups attached to an aromatic ring is 1. The van der Waals surface area contributed by atoms with Crippen molar-refractivity contribution in [1.82, 2.24) is 5.32 Å². The molecule has 0 radical (unpaired) electrons. The standard InChI is InChI=1S/C18H21N3O3/c1-24-16(22)10-11-20-18(23)14-8-5-9-15(19)17(14)21-12-13-6-3-2-4-7-13/h2-9,21H,10-12,19H2,1H3,(H,20,23). The molecule has 6 heteroatoms. The molecular weight excluding hydrogens is 306 g/mol. The third-order valence-electron chi connectivity index (χ3n) is 3.50. The maximum Gasteiger partial charge on any atom is 0.307 e. The lowest BCUT2D eigenvalue weighted by atomic mass is 10.1. The van der Waals surface area contributed by atoms with Crippen LogP contribution in [-0.2, 0) is 16.1 Å². The molecule has 0 bridgehead atoms. The normalized spacial score (nSPS) is 10.0. The molecule has 2 rings (SSSR count). The molecule has 0 saturated carbocycles. The number of methoxy groups -OCH3 is 1. The van der Waals surface area contributed by atoms with E-state index in [4.69, 9.17) is 5.73 Å². The highest BCUT2D eigenvalue weighted by Crippen LogP contribution is 2.24. The Morgan fingerprint density at radius 1 is 1.08 bits per heavy atom. The summed E-state index contributed by atoms with van der Waals surface area (Å²) in [4.78, 5) is 23.4. The number of amides is 1. The Bertz CT molecular complexity index is 702. The maximum absolute atomic E-state index is 12.3. The molecule has 0 spiro atoms. The molecule has 0 aromatic heterocycles. The number of nitrogens with two attached hydrogens (primary N) is 1. The summed E-state index contributed by atoms with van der Waals surface area (Å²) in [7, 11) is 1.31. The van der Waals surface area contributed by atoms with Gasteiger partial charge in [-0.3, -0.25) is 9.59 Å². The van der Waals surface area contributed by atoms with E-state index in [2.05, 4.69) is 15.4 Å². The fourth-order valence-electron chi connectivity index (χ4n) is 2.22. The van der Waals surface area contributed by atoms with E-state index in [0.29, 0.717) is 23.5 Å². The number of para-hydroxylation sites is 1. The summed E-state index contributed by atoms with van der Waals surface area (Å²) in [5.74, 6) is -0.660. The molecular formula is C18H21N3O3. The highest BCUT2D eigenvalue weighted by molar-refractivity contribution is 6.02. The molecule has 0 saturated heterocycles. The van der Waals surface area contributed by atoms with E-state index in [1.54, 1.807) is 18.2 Å². The molecule has 2 aromatic rings. The summed E-state index contributed by atoms with van der Waals surface area (Å²) in [5, 5.41) is 5.91. The molecule has 1 amide bonds. The fourth-order valence-corrected chi connectivity index (χ4v) is 2.22. The number of benzene rings is 2. The smallest absolute Gasteiger partial charge is 0.307 e. The average Bonchev–Trinajstić information content (AvgIpc) is 2.61. The highest BCUT2D eigenvalue weighted by atomic mass is 16.5. The van der Waals surface area contributed by atoms with Gasteiger partial charge in [0.25, 0.3) is 5.91 Å². The topological polar surface area (TPSA) is 93.5 Å². The molecule has 6 nitrogen and oxygen atoms in total. The minimum atomic E-state index is -0.370. The monoisotopic (exact) mass is 327 g/mol. The van der Waals surface area contributed by atoms with Crippen molar-refractivity contribution in [2.45, 2.75) is 13.0 Å². The zero-order chi connectivity index (χ0) is 17.4. The first-order chi connectivity index (χ1) is 11.6. The Balaban J connectivity index is 2.05. The molecule has 0 atom stereocenters. The predicted molar refractivity (Wildman–Crippen MR) is 93.6 cm³/mol. The summed E-state index contributed by atoms with van der Waals surface area (Å²) < 4.78 is 4.55. The first kappa shape index (κ1) is 17.3. The molecule has 0 heterocycles. The van der Waals surface area contributed by atoms with Gasteiger partial charge in [0.1, 0.15) is 0 Å². The zero-order valence-corrected chi connectivity index (χ0v) is 13.5. The van der Waals surface area contributed by atoms with E-state index in [1.807, 2.05) is 30.3 Å². The van der Waals surface area contributed by atoms with Crippen molar-refractivity contribution in [1.29, 1.82) is 0 Å². The molecule has 24 heavy (non-hydrogen) atoms.